The molecule has 0 aromatic rings. The van der Waals surface area contributed by atoms with Crippen LogP contribution in [0.1, 0.15) is 33.1 Å². The molecule has 0 aliphatic carbocycles. The first-order valence-electron chi connectivity index (χ1n) is 6.17. The number of hydrogen-bond donors (Lipinski definition) is 2. The third-order valence-electron chi connectivity index (χ3n) is 3.30. The highest BCUT2D eigenvalue weighted by atomic mass is 32.1. The number of rotatable bonds is 4. The predicted molar refractivity (Wildman–Crippen MR) is 70.7 cm³/mol. The van der Waals surface area contributed by atoms with Gasteiger partial charge in [0.05, 0.1) is 5.25 Å². The van der Waals surface area contributed by atoms with Gasteiger partial charge in [0.25, 0.3) is 0 Å². The van der Waals surface area contributed by atoms with Crippen molar-refractivity contribution >= 4 is 24.4 Å². The van der Waals surface area contributed by atoms with Crippen LogP contribution in [0.4, 0.5) is 0 Å². The number of amides is 2. The van der Waals surface area contributed by atoms with Crippen molar-refractivity contribution in [3.63, 3.8) is 0 Å². The molecule has 1 heterocycles. The van der Waals surface area contributed by atoms with E-state index in [0.717, 1.165) is 25.9 Å². The van der Waals surface area contributed by atoms with Crippen LogP contribution in [0.25, 0.3) is 0 Å². The van der Waals surface area contributed by atoms with Crippen molar-refractivity contribution in [2.45, 2.75) is 38.4 Å². The maximum absolute atomic E-state index is 12.0. The molecule has 0 radical (unpaired) electrons. The Labute approximate surface area is 108 Å². The van der Waals surface area contributed by atoms with Gasteiger partial charge in [0.1, 0.15) is 0 Å². The Balaban J connectivity index is 2.41. The lowest BCUT2D eigenvalue weighted by atomic mass is 9.93. The fourth-order valence-corrected chi connectivity index (χ4v) is 2.28. The second-order valence-electron chi connectivity index (χ2n) is 5.13. The van der Waals surface area contributed by atoms with Gasteiger partial charge in [-0.15, -0.1) is 0 Å². The normalized spacial score (nSPS) is 19.4. The second-order valence-corrected chi connectivity index (χ2v) is 5.68. The fraction of sp³-hybridized carbons (Fsp3) is 0.833. The van der Waals surface area contributed by atoms with Crippen LogP contribution < -0.4 is 5.73 Å². The van der Waals surface area contributed by atoms with Gasteiger partial charge in [-0.1, -0.05) is 13.8 Å². The van der Waals surface area contributed by atoms with E-state index in [-0.39, 0.29) is 23.0 Å². The highest BCUT2D eigenvalue weighted by Gasteiger charge is 2.28. The standard InChI is InChI=1S/C12H22N2O2S/c1-8(2)11(17)12(16)14-5-3-9(4-6-14)7-10(13)15/h8-9,11,17H,3-7H2,1-2H3,(H2,13,15). The summed E-state index contributed by atoms with van der Waals surface area (Å²) >= 11 is 4.34. The Morgan fingerprint density at radius 3 is 2.29 bits per heavy atom. The van der Waals surface area contributed by atoms with E-state index in [2.05, 4.69) is 12.6 Å². The smallest absolute Gasteiger partial charge is 0.235 e. The first-order valence-corrected chi connectivity index (χ1v) is 6.68. The minimum Gasteiger partial charge on any atom is -0.370 e. The maximum Gasteiger partial charge on any atom is 0.235 e. The number of nitrogens with two attached hydrogens (primary N) is 1. The molecule has 1 unspecified atom stereocenters. The first-order chi connectivity index (χ1) is 7.91. The van der Waals surface area contributed by atoms with Crippen molar-refractivity contribution in [2.24, 2.45) is 17.6 Å². The number of hydrogen-bond acceptors (Lipinski definition) is 3. The van der Waals surface area contributed by atoms with E-state index in [0.29, 0.717) is 12.3 Å². The van der Waals surface area contributed by atoms with Gasteiger partial charge in [0.2, 0.25) is 11.8 Å². The summed E-state index contributed by atoms with van der Waals surface area (Å²) < 4.78 is 0. The topological polar surface area (TPSA) is 63.4 Å². The van der Waals surface area contributed by atoms with E-state index < -0.39 is 0 Å². The van der Waals surface area contributed by atoms with Gasteiger partial charge in [0.15, 0.2) is 0 Å². The molecular weight excluding hydrogens is 236 g/mol. The molecular formula is C12H22N2O2S. The summed E-state index contributed by atoms with van der Waals surface area (Å²) in [5, 5.41) is -0.220. The Bertz CT molecular complexity index is 286. The molecule has 1 saturated heterocycles. The number of thiol groups is 1. The summed E-state index contributed by atoms with van der Waals surface area (Å²) in [5.41, 5.74) is 5.17. The van der Waals surface area contributed by atoms with Crippen molar-refractivity contribution in [1.82, 2.24) is 4.90 Å². The Morgan fingerprint density at radius 2 is 1.88 bits per heavy atom. The van der Waals surface area contributed by atoms with Gasteiger partial charge in [-0.2, -0.15) is 12.6 Å². The third-order valence-corrected chi connectivity index (χ3v) is 4.12. The molecule has 17 heavy (non-hydrogen) atoms. The third kappa shape index (κ3) is 4.22. The lowest BCUT2D eigenvalue weighted by Crippen LogP contribution is -2.44. The molecule has 1 fully saturated rings. The molecule has 1 rings (SSSR count). The van der Waals surface area contributed by atoms with Crippen LogP contribution >= 0.6 is 12.6 Å². The van der Waals surface area contributed by atoms with E-state index in [1.54, 1.807) is 0 Å². The highest BCUT2D eigenvalue weighted by Crippen LogP contribution is 2.22. The molecule has 0 aromatic carbocycles. The van der Waals surface area contributed by atoms with E-state index >= 15 is 0 Å². The quantitative estimate of drug-likeness (QED) is 0.741. The Morgan fingerprint density at radius 1 is 1.35 bits per heavy atom. The number of carbonyl (C=O) groups excluding carboxylic acids is 2. The highest BCUT2D eigenvalue weighted by molar-refractivity contribution is 7.81. The van der Waals surface area contributed by atoms with Gasteiger partial charge in [-0.05, 0) is 24.7 Å². The van der Waals surface area contributed by atoms with Crippen LogP contribution in [0, 0.1) is 11.8 Å². The average Bonchev–Trinajstić information content (AvgIpc) is 2.27. The number of primary amides is 1. The zero-order chi connectivity index (χ0) is 13.0. The largest absolute Gasteiger partial charge is 0.370 e. The molecule has 4 nitrogen and oxygen atoms in total. The van der Waals surface area contributed by atoms with Crippen LogP contribution in [0.15, 0.2) is 0 Å². The van der Waals surface area contributed by atoms with Crippen LogP contribution in [0.3, 0.4) is 0 Å². The van der Waals surface area contributed by atoms with E-state index in [1.165, 1.54) is 0 Å². The van der Waals surface area contributed by atoms with E-state index in [1.807, 2.05) is 18.7 Å². The Hall–Kier alpha value is -0.710. The maximum atomic E-state index is 12.0. The predicted octanol–water partition coefficient (Wildman–Crippen LogP) is 1.05. The average molecular weight is 258 g/mol. The summed E-state index contributed by atoms with van der Waals surface area (Å²) in [6.07, 6.45) is 2.18. The van der Waals surface area contributed by atoms with Gasteiger partial charge in [-0.25, -0.2) is 0 Å². The van der Waals surface area contributed by atoms with Crippen LogP contribution in [-0.2, 0) is 9.59 Å². The number of nitrogens with zero attached hydrogens (tertiary/aromatic N) is 1. The van der Waals surface area contributed by atoms with Gasteiger partial charge in [0, 0.05) is 19.5 Å². The number of carbonyl (C=O) groups is 2. The molecule has 0 spiro atoms. The van der Waals surface area contributed by atoms with Crippen molar-refractivity contribution in [1.29, 1.82) is 0 Å². The summed E-state index contributed by atoms with van der Waals surface area (Å²) in [6, 6.07) is 0. The molecule has 2 N–H and O–H groups in total. The molecule has 0 saturated carbocycles. The zero-order valence-electron chi connectivity index (χ0n) is 10.6. The molecule has 0 aromatic heterocycles. The lowest BCUT2D eigenvalue weighted by molar-refractivity contribution is -0.132. The summed E-state index contributed by atoms with van der Waals surface area (Å²) in [4.78, 5) is 24.7. The molecule has 0 bridgehead atoms. The Kier molecular flexibility index (Phi) is 5.31. The van der Waals surface area contributed by atoms with E-state index in [4.69, 9.17) is 5.73 Å². The van der Waals surface area contributed by atoms with Gasteiger partial charge in [-0.3, -0.25) is 9.59 Å². The molecule has 2 amide bonds. The summed E-state index contributed by atoms with van der Waals surface area (Å²) in [5.74, 6) is 0.452. The lowest BCUT2D eigenvalue weighted by Gasteiger charge is -2.33. The van der Waals surface area contributed by atoms with Crippen molar-refractivity contribution in [3.05, 3.63) is 0 Å². The van der Waals surface area contributed by atoms with Crippen LogP contribution in [0.5, 0.6) is 0 Å². The molecule has 98 valence electrons. The molecule has 1 aliphatic rings. The summed E-state index contributed by atoms with van der Waals surface area (Å²) in [6.45, 7) is 5.44. The minimum absolute atomic E-state index is 0.112. The van der Waals surface area contributed by atoms with E-state index in [9.17, 15) is 9.59 Å². The van der Waals surface area contributed by atoms with Crippen LogP contribution in [-0.4, -0.2) is 35.1 Å². The molecule has 1 aliphatic heterocycles. The monoisotopic (exact) mass is 258 g/mol. The minimum atomic E-state index is -0.246. The number of likely N-dealkylation sites (tertiary alicyclic amines) is 1. The van der Waals surface area contributed by atoms with Crippen molar-refractivity contribution in [3.8, 4) is 0 Å². The van der Waals surface area contributed by atoms with Crippen molar-refractivity contribution < 1.29 is 9.59 Å². The van der Waals surface area contributed by atoms with Crippen molar-refractivity contribution in [2.75, 3.05) is 13.1 Å². The fourth-order valence-electron chi connectivity index (χ4n) is 2.11. The first kappa shape index (κ1) is 14.4. The SMILES string of the molecule is CC(C)C(S)C(=O)N1CCC(CC(N)=O)CC1. The van der Waals surface area contributed by atoms with Gasteiger partial charge < -0.3 is 10.6 Å². The number of piperidine rings is 1. The van der Waals surface area contributed by atoms with Gasteiger partial charge >= 0.3 is 0 Å². The van der Waals surface area contributed by atoms with Crippen LogP contribution in [0.2, 0.25) is 0 Å². The second kappa shape index (κ2) is 6.28. The summed E-state index contributed by atoms with van der Waals surface area (Å²) in [7, 11) is 0. The molecule has 5 heteroatoms. The molecule has 1 atom stereocenters. The zero-order valence-corrected chi connectivity index (χ0v) is 11.5.